The van der Waals surface area contributed by atoms with Crippen molar-refractivity contribution in [2.75, 3.05) is 0 Å². The summed E-state index contributed by atoms with van der Waals surface area (Å²) in [6.07, 6.45) is 1.33. The first-order valence-corrected chi connectivity index (χ1v) is 4.43. The Morgan fingerprint density at radius 2 is 2.13 bits per heavy atom. The van der Waals surface area contributed by atoms with Crippen molar-refractivity contribution in [3.05, 3.63) is 47.8 Å². The van der Waals surface area contributed by atoms with Gasteiger partial charge in [0, 0.05) is 0 Å². The largest absolute Gasteiger partial charge is 0.456 e. The molecular formula is C10H9N3O2. The van der Waals surface area contributed by atoms with Crippen LogP contribution in [0, 0.1) is 0 Å². The van der Waals surface area contributed by atoms with Crippen LogP contribution < -0.4 is 0 Å². The number of carbonyl (C=O) groups excluding carboxylic acids is 1. The first kappa shape index (κ1) is 9.39. The summed E-state index contributed by atoms with van der Waals surface area (Å²) in [6.45, 7) is 0.243. The van der Waals surface area contributed by atoms with Crippen LogP contribution in [0.4, 0.5) is 0 Å². The zero-order valence-corrected chi connectivity index (χ0v) is 7.88. The number of aromatic amines is 1. The topological polar surface area (TPSA) is 67.9 Å². The Kier molecular flexibility index (Phi) is 2.73. The molecule has 0 amide bonds. The van der Waals surface area contributed by atoms with Crippen molar-refractivity contribution in [2.45, 2.75) is 6.61 Å². The van der Waals surface area contributed by atoms with Gasteiger partial charge in [-0.3, -0.25) is 0 Å². The summed E-state index contributed by atoms with van der Waals surface area (Å²) in [6, 6.07) is 9.45. The van der Waals surface area contributed by atoms with Crippen LogP contribution in [-0.4, -0.2) is 21.4 Å². The molecule has 0 radical (unpaired) electrons. The lowest BCUT2D eigenvalue weighted by atomic mass is 10.2. The highest BCUT2D eigenvalue weighted by atomic mass is 16.5. The van der Waals surface area contributed by atoms with Crippen molar-refractivity contribution in [3.63, 3.8) is 0 Å². The molecule has 2 rings (SSSR count). The van der Waals surface area contributed by atoms with Gasteiger partial charge in [0.1, 0.15) is 6.61 Å². The Hall–Kier alpha value is -2.17. The molecule has 0 spiro atoms. The van der Waals surface area contributed by atoms with Gasteiger partial charge in [-0.1, -0.05) is 30.3 Å². The van der Waals surface area contributed by atoms with Gasteiger partial charge in [0.15, 0.2) is 5.69 Å². The summed E-state index contributed by atoms with van der Waals surface area (Å²) in [7, 11) is 0. The second-order valence-electron chi connectivity index (χ2n) is 2.92. The monoisotopic (exact) mass is 203 g/mol. The van der Waals surface area contributed by atoms with Crippen molar-refractivity contribution in [1.82, 2.24) is 15.4 Å². The quantitative estimate of drug-likeness (QED) is 0.760. The number of H-pyrrole nitrogens is 1. The number of hydrogen-bond donors (Lipinski definition) is 1. The van der Waals surface area contributed by atoms with Crippen LogP contribution in [0.1, 0.15) is 16.1 Å². The fourth-order valence-electron chi connectivity index (χ4n) is 1.10. The summed E-state index contributed by atoms with van der Waals surface area (Å²) in [5.74, 6) is -0.479. The van der Waals surface area contributed by atoms with E-state index in [1.165, 1.54) is 6.20 Å². The lowest BCUT2D eigenvalue weighted by molar-refractivity contribution is 0.0465. The Balaban J connectivity index is 1.92. The molecule has 0 fully saturated rings. The van der Waals surface area contributed by atoms with E-state index >= 15 is 0 Å². The Bertz CT molecular complexity index is 425. The van der Waals surface area contributed by atoms with E-state index in [0.29, 0.717) is 0 Å². The third kappa shape index (κ3) is 2.40. The molecule has 0 aliphatic heterocycles. The van der Waals surface area contributed by atoms with Gasteiger partial charge in [0.2, 0.25) is 0 Å². The average Bonchev–Trinajstić information content (AvgIpc) is 2.81. The third-order valence-corrected chi connectivity index (χ3v) is 1.84. The van der Waals surface area contributed by atoms with Gasteiger partial charge >= 0.3 is 5.97 Å². The Labute approximate surface area is 86.1 Å². The van der Waals surface area contributed by atoms with Crippen LogP contribution in [0.3, 0.4) is 0 Å². The van der Waals surface area contributed by atoms with Crippen molar-refractivity contribution >= 4 is 5.97 Å². The number of benzene rings is 1. The first-order chi connectivity index (χ1) is 7.36. The van der Waals surface area contributed by atoms with E-state index in [4.69, 9.17) is 4.74 Å². The fourth-order valence-corrected chi connectivity index (χ4v) is 1.10. The minimum Gasteiger partial charge on any atom is -0.456 e. The summed E-state index contributed by atoms with van der Waals surface area (Å²) >= 11 is 0. The second kappa shape index (κ2) is 4.36. The smallest absolute Gasteiger partial charge is 0.360 e. The number of ether oxygens (including phenoxy) is 1. The van der Waals surface area contributed by atoms with E-state index in [1.807, 2.05) is 30.3 Å². The molecule has 0 unspecified atom stereocenters. The lowest BCUT2D eigenvalue weighted by Crippen LogP contribution is -2.05. The van der Waals surface area contributed by atoms with E-state index in [-0.39, 0.29) is 12.3 Å². The normalized spacial score (nSPS) is 9.87. The molecule has 76 valence electrons. The maximum absolute atomic E-state index is 11.3. The van der Waals surface area contributed by atoms with Gasteiger partial charge in [0.05, 0.1) is 6.20 Å². The first-order valence-electron chi connectivity index (χ1n) is 4.43. The maximum Gasteiger partial charge on any atom is 0.360 e. The second-order valence-corrected chi connectivity index (χ2v) is 2.92. The molecule has 0 aliphatic rings. The van der Waals surface area contributed by atoms with Gasteiger partial charge in [-0.15, -0.1) is 5.10 Å². The highest BCUT2D eigenvalue weighted by Gasteiger charge is 2.09. The zero-order valence-electron chi connectivity index (χ0n) is 7.88. The van der Waals surface area contributed by atoms with Crippen LogP contribution in [-0.2, 0) is 11.3 Å². The predicted molar refractivity (Wildman–Crippen MR) is 51.9 cm³/mol. The number of rotatable bonds is 3. The summed E-state index contributed by atoms with van der Waals surface area (Å²) in [4.78, 5) is 11.3. The van der Waals surface area contributed by atoms with Crippen LogP contribution >= 0.6 is 0 Å². The van der Waals surface area contributed by atoms with Crippen LogP contribution in [0.2, 0.25) is 0 Å². The maximum atomic E-state index is 11.3. The fraction of sp³-hybridized carbons (Fsp3) is 0.100. The summed E-state index contributed by atoms with van der Waals surface area (Å²) in [5, 5.41) is 9.49. The molecular weight excluding hydrogens is 194 g/mol. The standard InChI is InChI=1S/C10H9N3O2/c14-10(9-6-11-13-12-9)15-7-8-4-2-1-3-5-8/h1-6H,7H2,(H,11,12,13). The van der Waals surface area contributed by atoms with Crippen molar-refractivity contribution in [1.29, 1.82) is 0 Å². The summed E-state index contributed by atoms with van der Waals surface area (Å²) < 4.78 is 5.01. The van der Waals surface area contributed by atoms with E-state index in [9.17, 15) is 4.79 Å². The van der Waals surface area contributed by atoms with Crippen molar-refractivity contribution in [2.24, 2.45) is 0 Å². The highest BCUT2D eigenvalue weighted by Crippen LogP contribution is 2.02. The highest BCUT2D eigenvalue weighted by molar-refractivity contribution is 5.86. The Morgan fingerprint density at radius 3 is 2.80 bits per heavy atom. The molecule has 0 aliphatic carbocycles. The molecule has 0 saturated carbocycles. The molecule has 0 saturated heterocycles. The number of esters is 1. The van der Waals surface area contributed by atoms with Gasteiger partial charge < -0.3 is 4.74 Å². The molecule has 1 aromatic carbocycles. The van der Waals surface area contributed by atoms with E-state index in [2.05, 4.69) is 15.4 Å². The number of nitrogens with zero attached hydrogens (tertiary/aromatic N) is 2. The number of nitrogens with one attached hydrogen (secondary N) is 1. The minimum atomic E-state index is -0.479. The van der Waals surface area contributed by atoms with E-state index in [0.717, 1.165) is 5.56 Å². The van der Waals surface area contributed by atoms with E-state index < -0.39 is 5.97 Å². The van der Waals surface area contributed by atoms with Crippen molar-refractivity contribution in [3.8, 4) is 0 Å². The molecule has 1 N–H and O–H groups in total. The molecule has 15 heavy (non-hydrogen) atoms. The minimum absolute atomic E-state index is 0.186. The zero-order chi connectivity index (χ0) is 10.5. The number of aromatic nitrogens is 3. The summed E-state index contributed by atoms with van der Waals surface area (Å²) in [5.41, 5.74) is 1.13. The van der Waals surface area contributed by atoms with Gasteiger partial charge in [-0.05, 0) is 5.56 Å². The molecule has 5 heteroatoms. The SMILES string of the molecule is O=C(OCc1ccccc1)c1cn[nH]n1. The number of carbonyl (C=O) groups is 1. The van der Waals surface area contributed by atoms with Gasteiger partial charge in [0.25, 0.3) is 0 Å². The average molecular weight is 203 g/mol. The lowest BCUT2D eigenvalue weighted by Gasteiger charge is -2.01. The predicted octanol–water partition coefficient (Wildman–Crippen LogP) is 1.16. The van der Waals surface area contributed by atoms with Gasteiger partial charge in [-0.2, -0.15) is 10.3 Å². The number of hydrogen-bond acceptors (Lipinski definition) is 4. The van der Waals surface area contributed by atoms with Crippen LogP contribution in [0.15, 0.2) is 36.5 Å². The molecule has 0 atom stereocenters. The molecule has 5 nitrogen and oxygen atoms in total. The molecule has 1 heterocycles. The van der Waals surface area contributed by atoms with Crippen LogP contribution in [0.5, 0.6) is 0 Å². The molecule has 2 aromatic rings. The molecule has 0 bridgehead atoms. The third-order valence-electron chi connectivity index (χ3n) is 1.84. The Morgan fingerprint density at radius 1 is 1.33 bits per heavy atom. The van der Waals surface area contributed by atoms with Crippen molar-refractivity contribution < 1.29 is 9.53 Å². The van der Waals surface area contributed by atoms with E-state index in [1.54, 1.807) is 0 Å². The molecule has 1 aromatic heterocycles. The van der Waals surface area contributed by atoms with Gasteiger partial charge in [-0.25, -0.2) is 4.79 Å². The van der Waals surface area contributed by atoms with Crippen LogP contribution in [0.25, 0.3) is 0 Å².